The fourth-order valence-corrected chi connectivity index (χ4v) is 2.22. The molecule has 0 aromatic heterocycles. The Morgan fingerprint density at radius 3 is 2.45 bits per heavy atom. The SMILES string of the molecule is Cc1ccc(CNC(=S)Nc2ccc(Br)c(C)c2)cc1. The first-order valence-electron chi connectivity index (χ1n) is 6.41. The van der Waals surface area contributed by atoms with Crippen LogP contribution in [0.5, 0.6) is 0 Å². The summed E-state index contributed by atoms with van der Waals surface area (Å²) in [6, 6.07) is 14.5. The predicted octanol–water partition coefficient (Wildman–Crippen LogP) is 4.55. The average Bonchev–Trinajstić information content (AvgIpc) is 2.42. The van der Waals surface area contributed by atoms with Crippen LogP contribution in [0.25, 0.3) is 0 Å². The van der Waals surface area contributed by atoms with E-state index in [2.05, 4.69) is 70.7 Å². The van der Waals surface area contributed by atoms with E-state index in [1.165, 1.54) is 16.7 Å². The van der Waals surface area contributed by atoms with Gasteiger partial charge in [-0.15, -0.1) is 0 Å². The third-order valence-electron chi connectivity index (χ3n) is 2.99. The van der Waals surface area contributed by atoms with Gasteiger partial charge >= 0.3 is 0 Å². The summed E-state index contributed by atoms with van der Waals surface area (Å²) in [5.41, 5.74) is 4.65. The lowest BCUT2D eigenvalue weighted by molar-refractivity contribution is 0.925. The van der Waals surface area contributed by atoms with Gasteiger partial charge in [0.25, 0.3) is 0 Å². The second-order valence-corrected chi connectivity index (χ2v) is 6.02. The van der Waals surface area contributed by atoms with Crippen LogP contribution >= 0.6 is 28.1 Å². The van der Waals surface area contributed by atoms with Gasteiger partial charge in [-0.1, -0.05) is 45.8 Å². The summed E-state index contributed by atoms with van der Waals surface area (Å²) in [5.74, 6) is 0. The van der Waals surface area contributed by atoms with E-state index in [1.807, 2.05) is 12.1 Å². The van der Waals surface area contributed by atoms with Crippen molar-refractivity contribution in [2.45, 2.75) is 20.4 Å². The number of aryl methyl sites for hydroxylation is 2. The highest BCUT2D eigenvalue weighted by atomic mass is 79.9. The van der Waals surface area contributed by atoms with E-state index in [-0.39, 0.29) is 0 Å². The molecule has 2 aromatic carbocycles. The normalized spacial score (nSPS) is 10.2. The van der Waals surface area contributed by atoms with Gasteiger partial charge in [-0.3, -0.25) is 0 Å². The number of thiocarbonyl (C=S) groups is 1. The van der Waals surface area contributed by atoms with Gasteiger partial charge in [-0.25, -0.2) is 0 Å². The maximum atomic E-state index is 5.30. The second-order valence-electron chi connectivity index (χ2n) is 4.76. The molecule has 2 nitrogen and oxygen atoms in total. The highest BCUT2D eigenvalue weighted by Crippen LogP contribution is 2.19. The Morgan fingerprint density at radius 2 is 1.80 bits per heavy atom. The summed E-state index contributed by atoms with van der Waals surface area (Å²) in [6.45, 7) is 4.86. The first-order valence-corrected chi connectivity index (χ1v) is 7.61. The summed E-state index contributed by atoms with van der Waals surface area (Å²) < 4.78 is 1.10. The predicted molar refractivity (Wildman–Crippen MR) is 93.1 cm³/mol. The van der Waals surface area contributed by atoms with Gasteiger partial charge in [0.2, 0.25) is 0 Å². The number of benzene rings is 2. The maximum absolute atomic E-state index is 5.30. The molecule has 20 heavy (non-hydrogen) atoms. The van der Waals surface area contributed by atoms with Crippen molar-refractivity contribution in [1.29, 1.82) is 0 Å². The van der Waals surface area contributed by atoms with Gasteiger partial charge in [0.05, 0.1) is 0 Å². The van der Waals surface area contributed by atoms with Gasteiger partial charge < -0.3 is 10.6 Å². The zero-order valence-corrected chi connectivity index (χ0v) is 13.9. The zero-order valence-electron chi connectivity index (χ0n) is 11.5. The lowest BCUT2D eigenvalue weighted by Crippen LogP contribution is -2.27. The van der Waals surface area contributed by atoms with Crippen LogP contribution in [0.4, 0.5) is 5.69 Å². The van der Waals surface area contributed by atoms with E-state index in [9.17, 15) is 0 Å². The molecule has 0 aliphatic heterocycles. The molecule has 104 valence electrons. The summed E-state index contributed by atoms with van der Waals surface area (Å²) in [6.07, 6.45) is 0. The van der Waals surface area contributed by atoms with Crippen molar-refractivity contribution < 1.29 is 0 Å². The number of halogens is 1. The molecule has 2 rings (SSSR count). The molecule has 0 fully saturated rings. The Labute approximate surface area is 133 Å². The van der Waals surface area contributed by atoms with E-state index in [0.717, 1.165) is 16.7 Å². The van der Waals surface area contributed by atoms with Crippen LogP contribution in [-0.2, 0) is 6.54 Å². The molecule has 0 saturated heterocycles. The molecule has 2 N–H and O–H groups in total. The van der Waals surface area contributed by atoms with Gasteiger partial charge in [0.1, 0.15) is 0 Å². The minimum atomic E-state index is 0.632. The average molecular weight is 349 g/mol. The van der Waals surface area contributed by atoms with Crippen molar-refractivity contribution in [1.82, 2.24) is 5.32 Å². The Kier molecular flexibility index (Phi) is 5.15. The second kappa shape index (κ2) is 6.86. The topological polar surface area (TPSA) is 24.1 Å². The van der Waals surface area contributed by atoms with Crippen molar-refractivity contribution >= 4 is 38.9 Å². The Bertz CT molecular complexity index is 608. The summed E-state index contributed by atoms with van der Waals surface area (Å²) in [7, 11) is 0. The smallest absolute Gasteiger partial charge is 0.171 e. The molecule has 0 aliphatic carbocycles. The van der Waals surface area contributed by atoms with Crippen molar-refractivity contribution in [3.63, 3.8) is 0 Å². The van der Waals surface area contributed by atoms with E-state index in [4.69, 9.17) is 12.2 Å². The Balaban J connectivity index is 1.89. The third-order valence-corrected chi connectivity index (χ3v) is 4.13. The first-order chi connectivity index (χ1) is 9.54. The van der Waals surface area contributed by atoms with Crippen molar-refractivity contribution in [3.8, 4) is 0 Å². The van der Waals surface area contributed by atoms with E-state index >= 15 is 0 Å². The molecule has 0 spiro atoms. The molecule has 0 unspecified atom stereocenters. The summed E-state index contributed by atoms with van der Waals surface area (Å²) in [4.78, 5) is 0. The Morgan fingerprint density at radius 1 is 1.10 bits per heavy atom. The summed E-state index contributed by atoms with van der Waals surface area (Å²) >= 11 is 8.79. The van der Waals surface area contributed by atoms with E-state index < -0.39 is 0 Å². The molecule has 0 saturated carbocycles. The third kappa shape index (κ3) is 4.32. The van der Waals surface area contributed by atoms with Gasteiger partial charge in [0.15, 0.2) is 5.11 Å². The highest BCUT2D eigenvalue weighted by Gasteiger charge is 2.00. The fourth-order valence-electron chi connectivity index (χ4n) is 1.79. The highest BCUT2D eigenvalue weighted by molar-refractivity contribution is 9.10. The van der Waals surface area contributed by atoms with Crippen LogP contribution in [0, 0.1) is 13.8 Å². The lowest BCUT2D eigenvalue weighted by Gasteiger charge is -2.11. The van der Waals surface area contributed by atoms with Crippen LogP contribution in [0.1, 0.15) is 16.7 Å². The van der Waals surface area contributed by atoms with Gasteiger partial charge in [-0.05, 0) is 55.4 Å². The number of nitrogens with one attached hydrogen (secondary N) is 2. The van der Waals surface area contributed by atoms with E-state index in [1.54, 1.807) is 0 Å². The molecular weight excluding hydrogens is 332 g/mol. The van der Waals surface area contributed by atoms with Crippen molar-refractivity contribution in [2.75, 3.05) is 5.32 Å². The van der Waals surface area contributed by atoms with Crippen LogP contribution in [0.3, 0.4) is 0 Å². The molecule has 0 aliphatic rings. The monoisotopic (exact) mass is 348 g/mol. The van der Waals surface area contributed by atoms with Crippen molar-refractivity contribution in [3.05, 3.63) is 63.6 Å². The van der Waals surface area contributed by atoms with Gasteiger partial charge in [-0.2, -0.15) is 0 Å². The van der Waals surface area contributed by atoms with Gasteiger partial charge in [0, 0.05) is 16.7 Å². The molecule has 0 radical (unpaired) electrons. The standard InChI is InChI=1S/C16H17BrN2S/c1-11-3-5-13(6-4-11)10-18-16(20)19-14-7-8-15(17)12(2)9-14/h3-9H,10H2,1-2H3,(H2,18,19,20). The number of rotatable bonds is 3. The molecule has 2 aromatic rings. The molecule has 0 bridgehead atoms. The first kappa shape index (κ1) is 15.0. The quantitative estimate of drug-likeness (QED) is 0.795. The summed E-state index contributed by atoms with van der Waals surface area (Å²) in [5, 5.41) is 7.03. The molecule has 0 heterocycles. The van der Waals surface area contributed by atoms with Crippen molar-refractivity contribution in [2.24, 2.45) is 0 Å². The molecule has 0 amide bonds. The largest absolute Gasteiger partial charge is 0.358 e. The van der Waals surface area contributed by atoms with Crippen LogP contribution < -0.4 is 10.6 Å². The Hall–Kier alpha value is -1.39. The number of hydrogen-bond acceptors (Lipinski definition) is 1. The minimum Gasteiger partial charge on any atom is -0.358 e. The van der Waals surface area contributed by atoms with Crippen LogP contribution in [-0.4, -0.2) is 5.11 Å². The fraction of sp³-hybridized carbons (Fsp3) is 0.188. The maximum Gasteiger partial charge on any atom is 0.171 e. The van der Waals surface area contributed by atoms with Crippen LogP contribution in [0.15, 0.2) is 46.9 Å². The number of hydrogen-bond donors (Lipinski definition) is 2. The lowest BCUT2D eigenvalue weighted by atomic mass is 10.1. The minimum absolute atomic E-state index is 0.632. The molecular formula is C16H17BrN2S. The molecule has 4 heteroatoms. The zero-order chi connectivity index (χ0) is 14.5. The molecule has 0 atom stereocenters. The number of anilines is 1. The van der Waals surface area contributed by atoms with E-state index in [0.29, 0.717) is 5.11 Å². The van der Waals surface area contributed by atoms with Crippen LogP contribution in [0.2, 0.25) is 0 Å².